The van der Waals surface area contributed by atoms with Crippen LogP contribution in [0.15, 0.2) is 48.9 Å². The minimum absolute atomic E-state index is 0.336. The molecule has 0 saturated carbocycles. The Balaban J connectivity index is 1.37. The van der Waals surface area contributed by atoms with E-state index in [1.807, 2.05) is 35.1 Å². The number of ether oxygens (including phenoxy) is 1. The van der Waals surface area contributed by atoms with Crippen molar-refractivity contribution in [2.45, 2.75) is 31.8 Å². The van der Waals surface area contributed by atoms with Gasteiger partial charge in [0.15, 0.2) is 0 Å². The lowest BCUT2D eigenvalue weighted by molar-refractivity contribution is 0.282. The lowest BCUT2D eigenvalue weighted by Crippen LogP contribution is -2.26. The van der Waals surface area contributed by atoms with Crippen LogP contribution in [0.25, 0.3) is 11.3 Å². The molecule has 7 heteroatoms. The van der Waals surface area contributed by atoms with Crippen LogP contribution < -0.4 is 4.74 Å². The molecule has 134 valence electrons. The van der Waals surface area contributed by atoms with Crippen molar-refractivity contribution in [2.75, 3.05) is 13.6 Å². The van der Waals surface area contributed by atoms with E-state index >= 15 is 0 Å². The highest BCUT2D eigenvalue weighted by Crippen LogP contribution is 2.23. The van der Waals surface area contributed by atoms with E-state index in [1.54, 1.807) is 18.5 Å². The number of hydrogen-bond acceptors (Lipinski definition) is 6. The van der Waals surface area contributed by atoms with E-state index in [0.29, 0.717) is 17.8 Å². The first-order valence-corrected chi connectivity index (χ1v) is 8.93. The van der Waals surface area contributed by atoms with Crippen LogP contribution in [-0.4, -0.2) is 49.5 Å². The second kappa shape index (κ2) is 7.61. The minimum atomic E-state index is 0.336. The molecule has 0 radical (unpaired) electrons. The smallest absolute Gasteiger partial charge is 0.321 e. The van der Waals surface area contributed by atoms with Gasteiger partial charge in [0.25, 0.3) is 0 Å². The van der Waals surface area contributed by atoms with E-state index in [0.717, 1.165) is 24.2 Å². The molecule has 1 unspecified atom stereocenters. The summed E-state index contributed by atoms with van der Waals surface area (Å²) in [6.07, 6.45) is 9.00. The molecule has 1 aliphatic rings. The summed E-state index contributed by atoms with van der Waals surface area (Å²) in [6, 6.07) is 10.5. The average Bonchev–Trinajstić information content (AvgIpc) is 3.30. The van der Waals surface area contributed by atoms with Gasteiger partial charge in [0.1, 0.15) is 11.4 Å². The summed E-state index contributed by atoms with van der Waals surface area (Å²) >= 11 is 0. The van der Waals surface area contributed by atoms with Gasteiger partial charge in [-0.3, -0.25) is 4.68 Å². The highest BCUT2D eigenvalue weighted by molar-refractivity contribution is 5.58. The molecule has 3 aromatic rings. The van der Waals surface area contributed by atoms with Crippen LogP contribution in [0.1, 0.15) is 19.3 Å². The first-order chi connectivity index (χ1) is 12.8. The predicted molar refractivity (Wildman–Crippen MR) is 97.8 cm³/mol. The number of benzene rings is 1. The van der Waals surface area contributed by atoms with Gasteiger partial charge in [-0.05, 0) is 63.2 Å². The van der Waals surface area contributed by atoms with Crippen molar-refractivity contribution in [3.63, 3.8) is 0 Å². The highest BCUT2D eigenvalue weighted by Gasteiger charge is 2.20. The van der Waals surface area contributed by atoms with E-state index in [4.69, 9.17) is 4.74 Å². The molecule has 0 amide bonds. The molecule has 2 aromatic heterocycles. The molecule has 1 saturated heterocycles. The molecule has 1 aliphatic heterocycles. The van der Waals surface area contributed by atoms with Gasteiger partial charge in [-0.2, -0.15) is 0 Å². The zero-order chi connectivity index (χ0) is 17.8. The molecule has 3 heterocycles. The normalized spacial score (nSPS) is 17.5. The number of aromatic nitrogens is 5. The first kappa shape index (κ1) is 16.7. The molecule has 1 atom stereocenters. The van der Waals surface area contributed by atoms with E-state index in [2.05, 4.69) is 32.2 Å². The summed E-state index contributed by atoms with van der Waals surface area (Å²) in [7, 11) is 2.20. The van der Waals surface area contributed by atoms with Crippen molar-refractivity contribution < 1.29 is 4.74 Å². The van der Waals surface area contributed by atoms with Crippen LogP contribution in [0, 0.1) is 0 Å². The van der Waals surface area contributed by atoms with Crippen LogP contribution in [0.2, 0.25) is 0 Å². The third kappa shape index (κ3) is 3.88. The summed E-state index contributed by atoms with van der Waals surface area (Å²) in [4.78, 5) is 10.5. The Morgan fingerprint density at radius 2 is 1.96 bits per heavy atom. The first-order valence-electron chi connectivity index (χ1n) is 8.93. The number of hydrogen-bond donors (Lipinski definition) is 0. The van der Waals surface area contributed by atoms with Gasteiger partial charge in [-0.15, -0.1) is 5.10 Å². The Morgan fingerprint density at radius 1 is 1.15 bits per heavy atom. The van der Waals surface area contributed by atoms with Gasteiger partial charge in [-0.25, -0.2) is 9.97 Å². The van der Waals surface area contributed by atoms with Crippen molar-refractivity contribution in [3.05, 3.63) is 48.9 Å². The molecular weight excluding hydrogens is 328 g/mol. The maximum absolute atomic E-state index is 5.61. The number of rotatable bonds is 6. The molecular formula is C19H22N6O. The summed E-state index contributed by atoms with van der Waals surface area (Å²) in [5.74, 6) is 0.691. The number of likely N-dealkylation sites (tertiary alicyclic amines) is 1. The molecule has 7 nitrogen and oxygen atoms in total. The molecule has 1 fully saturated rings. The van der Waals surface area contributed by atoms with Gasteiger partial charge < -0.3 is 9.64 Å². The third-order valence-electron chi connectivity index (χ3n) is 4.80. The Bertz CT molecular complexity index is 833. The maximum Gasteiger partial charge on any atom is 0.321 e. The minimum Gasteiger partial charge on any atom is -0.424 e. The molecule has 0 N–H and O–H groups in total. The summed E-state index contributed by atoms with van der Waals surface area (Å²) < 4.78 is 7.55. The van der Waals surface area contributed by atoms with Crippen LogP contribution in [0.4, 0.5) is 0 Å². The van der Waals surface area contributed by atoms with Crippen LogP contribution in [-0.2, 0) is 6.54 Å². The Hall–Kier alpha value is -2.80. The lowest BCUT2D eigenvalue weighted by Gasteiger charge is -2.18. The van der Waals surface area contributed by atoms with Gasteiger partial charge in [0, 0.05) is 30.5 Å². The quantitative estimate of drug-likeness (QED) is 0.681. The topological polar surface area (TPSA) is 69.0 Å². The SMILES string of the molecule is CN1CCCC1CCn1cc(-c2ccc(Oc3ncccn3)cc2)nn1. The zero-order valence-corrected chi connectivity index (χ0v) is 14.8. The summed E-state index contributed by atoms with van der Waals surface area (Å²) in [5.41, 5.74) is 1.88. The van der Waals surface area contributed by atoms with Gasteiger partial charge in [-0.1, -0.05) is 5.21 Å². The van der Waals surface area contributed by atoms with Crippen LogP contribution in [0.5, 0.6) is 11.8 Å². The Morgan fingerprint density at radius 3 is 2.69 bits per heavy atom. The van der Waals surface area contributed by atoms with E-state index in [1.165, 1.54) is 19.4 Å². The lowest BCUT2D eigenvalue weighted by atomic mass is 10.1. The van der Waals surface area contributed by atoms with Gasteiger partial charge in [0.05, 0.1) is 6.20 Å². The van der Waals surface area contributed by atoms with Crippen molar-refractivity contribution in [1.29, 1.82) is 0 Å². The second-order valence-electron chi connectivity index (χ2n) is 6.59. The molecule has 0 spiro atoms. The van der Waals surface area contributed by atoms with Crippen molar-refractivity contribution in [2.24, 2.45) is 0 Å². The molecule has 0 bridgehead atoms. The van der Waals surface area contributed by atoms with E-state index in [-0.39, 0.29) is 0 Å². The zero-order valence-electron chi connectivity index (χ0n) is 14.8. The molecule has 1 aromatic carbocycles. The van der Waals surface area contributed by atoms with Crippen LogP contribution in [0.3, 0.4) is 0 Å². The average molecular weight is 350 g/mol. The van der Waals surface area contributed by atoms with E-state index in [9.17, 15) is 0 Å². The van der Waals surface area contributed by atoms with E-state index < -0.39 is 0 Å². The fraction of sp³-hybridized carbons (Fsp3) is 0.368. The van der Waals surface area contributed by atoms with Crippen LogP contribution >= 0.6 is 0 Å². The number of aryl methyl sites for hydroxylation is 1. The highest BCUT2D eigenvalue weighted by atomic mass is 16.5. The molecule has 0 aliphatic carbocycles. The van der Waals surface area contributed by atoms with Crippen molar-refractivity contribution >= 4 is 0 Å². The Kier molecular flexibility index (Phi) is 4.88. The van der Waals surface area contributed by atoms with Gasteiger partial charge in [0.2, 0.25) is 0 Å². The molecule has 4 rings (SSSR count). The maximum atomic E-state index is 5.61. The fourth-order valence-corrected chi connectivity index (χ4v) is 3.30. The summed E-state index contributed by atoms with van der Waals surface area (Å²) in [5, 5.41) is 8.56. The Labute approximate surface area is 152 Å². The number of nitrogens with zero attached hydrogens (tertiary/aromatic N) is 6. The predicted octanol–water partition coefficient (Wildman–Crippen LogP) is 3.01. The summed E-state index contributed by atoms with van der Waals surface area (Å²) in [6.45, 7) is 2.10. The van der Waals surface area contributed by atoms with Crippen molar-refractivity contribution in [1.82, 2.24) is 29.9 Å². The second-order valence-corrected chi connectivity index (χ2v) is 6.59. The van der Waals surface area contributed by atoms with Gasteiger partial charge >= 0.3 is 6.01 Å². The largest absolute Gasteiger partial charge is 0.424 e. The standard InChI is InChI=1S/C19H22N6O/c1-24-12-2-4-16(24)9-13-25-14-18(22-23-25)15-5-7-17(8-6-15)26-19-20-10-3-11-21-19/h3,5-8,10-11,14,16H,2,4,9,12-13H2,1H3. The fourth-order valence-electron chi connectivity index (χ4n) is 3.30. The monoisotopic (exact) mass is 350 g/mol. The van der Waals surface area contributed by atoms with Crippen molar-refractivity contribution in [3.8, 4) is 23.0 Å². The molecule has 26 heavy (non-hydrogen) atoms. The third-order valence-corrected chi connectivity index (χ3v) is 4.80.